The number of hydrogen-bond donors (Lipinski definition) is 0. The lowest BCUT2D eigenvalue weighted by Crippen LogP contribution is -2.09. The lowest BCUT2D eigenvalue weighted by atomic mass is 9.91. The number of rotatable bonds is 3. The van der Waals surface area contributed by atoms with Gasteiger partial charge >= 0.3 is 0 Å². The van der Waals surface area contributed by atoms with Crippen LogP contribution in [0.3, 0.4) is 0 Å². The fourth-order valence-corrected chi connectivity index (χ4v) is 3.06. The van der Waals surface area contributed by atoms with Crippen molar-refractivity contribution >= 4 is 11.6 Å². The van der Waals surface area contributed by atoms with Crippen LogP contribution in [0.4, 0.5) is 4.39 Å². The van der Waals surface area contributed by atoms with Gasteiger partial charge in [0.15, 0.2) is 17.3 Å². The smallest absolute Gasteiger partial charge is 0.197 e. The highest BCUT2D eigenvalue weighted by Crippen LogP contribution is 2.42. The number of benzene rings is 2. The molecule has 3 rings (SSSR count). The minimum absolute atomic E-state index is 0.111. The van der Waals surface area contributed by atoms with Crippen LogP contribution < -0.4 is 9.47 Å². The number of nitrogens with zero attached hydrogens (tertiary/aromatic N) is 2. The summed E-state index contributed by atoms with van der Waals surface area (Å²) in [6.07, 6.45) is 0.453. The average Bonchev–Trinajstić information content (AvgIpc) is 2.74. The van der Waals surface area contributed by atoms with Gasteiger partial charge in [-0.15, -0.1) is 0 Å². The van der Waals surface area contributed by atoms with E-state index in [4.69, 9.17) is 21.1 Å². The van der Waals surface area contributed by atoms with Crippen LogP contribution in [0.25, 0.3) is 0 Å². The lowest BCUT2D eigenvalue weighted by Gasteiger charge is -2.19. The van der Waals surface area contributed by atoms with Gasteiger partial charge in [-0.1, -0.05) is 23.7 Å². The Balaban J connectivity index is 2.22. The van der Waals surface area contributed by atoms with Crippen molar-refractivity contribution in [2.24, 2.45) is 10.2 Å². The second-order valence-corrected chi connectivity index (χ2v) is 6.17. The highest BCUT2D eigenvalue weighted by atomic mass is 35.5. The molecule has 0 N–H and O–H groups in total. The van der Waals surface area contributed by atoms with E-state index in [2.05, 4.69) is 10.2 Å². The van der Waals surface area contributed by atoms with E-state index in [1.165, 1.54) is 14.2 Å². The molecule has 0 aromatic heterocycles. The molecule has 0 fully saturated rings. The van der Waals surface area contributed by atoms with Crippen LogP contribution in [0.15, 0.2) is 40.6 Å². The van der Waals surface area contributed by atoms with Gasteiger partial charge in [-0.25, -0.2) is 4.39 Å². The Hall–Kier alpha value is -2.14. The minimum atomic E-state index is -0.412. The van der Waals surface area contributed by atoms with Crippen molar-refractivity contribution in [3.05, 3.63) is 57.9 Å². The summed E-state index contributed by atoms with van der Waals surface area (Å²) < 4.78 is 25.5. The van der Waals surface area contributed by atoms with Gasteiger partial charge in [0.2, 0.25) is 0 Å². The molecule has 0 amide bonds. The van der Waals surface area contributed by atoms with Crippen LogP contribution in [0.1, 0.15) is 29.7 Å². The maximum atomic E-state index is 15.0. The molecule has 0 radical (unpaired) electrons. The quantitative estimate of drug-likeness (QED) is 0.784. The van der Waals surface area contributed by atoms with Gasteiger partial charge in [0.05, 0.1) is 20.3 Å². The molecule has 0 spiro atoms. The first kappa shape index (κ1) is 16.7. The first-order valence-corrected chi connectivity index (χ1v) is 8.01. The molecule has 0 saturated heterocycles. The zero-order valence-electron chi connectivity index (χ0n) is 13.7. The fourth-order valence-electron chi connectivity index (χ4n) is 2.93. The molecule has 24 heavy (non-hydrogen) atoms. The Labute approximate surface area is 145 Å². The first-order chi connectivity index (χ1) is 11.5. The van der Waals surface area contributed by atoms with Crippen molar-refractivity contribution in [2.45, 2.75) is 25.4 Å². The molecule has 0 saturated carbocycles. The third-order valence-corrected chi connectivity index (χ3v) is 4.36. The number of azo groups is 1. The summed E-state index contributed by atoms with van der Waals surface area (Å²) in [6.45, 7) is 1.91. The molecule has 1 aliphatic rings. The van der Waals surface area contributed by atoms with E-state index in [0.29, 0.717) is 22.8 Å². The summed E-state index contributed by atoms with van der Waals surface area (Å²) in [6, 6.07) is 8.59. The Morgan fingerprint density at radius 3 is 2.46 bits per heavy atom. The summed E-state index contributed by atoms with van der Waals surface area (Å²) in [7, 11) is 2.92. The van der Waals surface area contributed by atoms with E-state index in [-0.39, 0.29) is 11.8 Å². The van der Waals surface area contributed by atoms with Crippen LogP contribution >= 0.6 is 11.6 Å². The Kier molecular flexibility index (Phi) is 4.71. The molecule has 1 heterocycles. The van der Waals surface area contributed by atoms with E-state index in [1.807, 2.05) is 19.1 Å². The number of hydrogen-bond acceptors (Lipinski definition) is 4. The molecular weight excluding hydrogens is 331 g/mol. The predicted molar refractivity (Wildman–Crippen MR) is 90.8 cm³/mol. The van der Waals surface area contributed by atoms with Crippen molar-refractivity contribution < 1.29 is 13.9 Å². The Morgan fingerprint density at radius 1 is 1.12 bits per heavy atom. The molecule has 2 unspecified atom stereocenters. The summed E-state index contributed by atoms with van der Waals surface area (Å²) >= 11 is 5.97. The fraction of sp³-hybridized carbons (Fsp3) is 0.333. The largest absolute Gasteiger partial charge is 0.493 e. The minimum Gasteiger partial charge on any atom is -0.493 e. The molecule has 2 aromatic carbocycles. The van der Waals surface area contributed by atoms with Crippen molar-refractivity contribution in [1.82, 2.24) is 0 Å². The second-order valence-electron chi connectivity index (χ2n) is 5.73. The van der Waals surface area contributed by atoms with Gasteiger partial charge in [-0.3, -0.25) is 0 Å². The number of halogens is 2. The standard InChI is InChI=1S/C18H18ClFN2O2/c1-10-8-13-14(9-15(23-2)18(24-3)16(13)20)17(22-21-10)11-4-6-12(19)7-5-11/h4-7,9-10,17H,8H2,1-3H3. The normalized spacial score (nSPS) is 19.5. The zero-order valence-corrected chi connectivity index (χ0v) is 14.5. The maximum Gasteiger partial charge on any atom is 0.197 e. The summed E-state index contributed by atoms with van der Waals surface area (Å²) in [5, 5.41) is 9.39. The van der Waals surface area contributed by atoms with E-state index in [1.54, 1.807) is 18.2 Å². The van der Waals surface area contributed by atoms with Crippen LogP contribution in [0, 0.1) is 5.82 Å². The average molecular weight is 349 g/mol. The molecule has 4 nitrogen and oxygen atoms in total. The van der Waals surface area contributed by atoms with E-state index < -0.39 is 11.9 Å². The van der Waals surface area contributed by atoms with Crippen molar-refractivity contribution in [3.8, 4) is 11.5 Å². The topological polar surface area (TPSA) is 43.2 Å². The molecular formula is C18H18ClFN2O2. The zero-order chi connectivity index (χ0) is 17.3. The lowest BCUT2D eigenvalue weighted by molar-refractivity contribution is 0.335. The van der Waals surface area contributed by atoms with Gasteiger partial charge in [-0.05, 0) is 48.2 Å². The Morgan fingerprint density at radius 2 is 1.83 bits per heavy atom. The van der Waals surface area contributed by atoms with Crippen LogP contribution in [-0.4, -0.2) is 20.3 Å². The maximum absolute atomic E-state index is 15.0. The van der Waals surface area contributed by atoms with Crippen LogP contribution in [0.2, 0.25) is 5.02 Å². The van der Waals surface area contributed by atoms with E-state index in [0.717, 1.165) is 11.1 Å². The molecule has 1 aliphatic heterocycles. The number of ether oxygens (including phenoxy) is 2. The highest BCUT2D eigenvalue weighted by molar-refractivity contribution is 6.30. The van der Waals surface area contributed by atoms with Gasteiger partial charge in [0.25, 0.3) is 0 Å². The monoisotopic (exact) mass is 348 g/mol. The molecule has 6 heteroatoms. The number of methoxy groups -OCH3 is 2. The highest BCUT2D eigenvalue weighted by Gasteiger charge is 2.28. The third-order valence-electron chi connectivity index (χ3n) is 4.11. The Bertz CT molecular complexity index is 778. The van der Waals surface area contributed by atoms with E-state index >= 15 is 0 Å². The molecule has 126 valence electrons. The molecule has 0 aliphatic carbocycles. The van der Waals surface area contributed by atoms with Crippen LogP contribution in [-0.2, 0) is 6.42 Å². The SMILES string of the molecule is COc1cc2c(c(F)c1OC)CC(C)N=NC2c1ccc(Cl)cc1. The summed E-state index contributed by atoms with van der Waals surface area (Å²) in [5.74, 6) is 0.0441. The van der Waals surface area contributed by atoms with Crippen LogP contribution in [0.5, 0.6) is 11.5 Å². The molecule has 2 atom stereocenters. The molecule has 2 aromatic rings. The van der Waals surface area contributed by atoms with Crippen molar-refractivity contribution in [1.29, 1.82) is 0 Å². The van der Waals surface area contributed by atoms with Gasteiger partial charge in [-0.2, -0.15) is 10.2 Å². The van der Waals surface area contributed by atoms with Gasteiger partial charge < -0.3 is 9.47 Å². The summed E-state index contributed by atoms with van der Waals surface area (Å²) in [5.41, 5.74) is 2.19. The van der Waals surface area contributed by atoms with Crippen molar-refractivity contribution in [2.75, 3.05) is 14.2 Å². The van der Waals surface area contributed by atoms with Gasteiger partial charge in [0.1, 0.15) is 6.04 Å². The van der Waals surface area contributed by atoms with E-state index in [9.17, 15) is 4.39 Å². The second kappa shape index (κ2) is 6.77. The van der Waals surface area contributed by atoms with Crippen molar-refractivity contribution in [3.63, 3.8) is 0 Å². The van der Waals surface area contributed by atoms with Gasteiger partial charge in [0, 0.05) is 5.02 Å². The third kappa shape index (κ3) is 2.96. The number of fused-ring (bicyclic) bond motifs is 1. The summed E-state index contributed by atoms with van der Waals surface area (Å²) in [4.78, 5) is 0. The predicted octanol–water partition coefficient (Wildman–Crippen LogP) is 4.98. The first-order valence-electron chi connectivity index (χ1n) is 7.63. The molecule has 0 bridgehead atoms.